The lowest BCUT2D eigenvalue weighted by Gasteiger charge is -2.03. The number of aliphatic hydroxyl groups excluding tert-OH is 1. The van der Waals surface area contributed by atoms with Crippen LogP contribution in [0, 0.1) is 0 Å². The first-order chi connectivity index (χ1) is 7.72. The highest BCUT2D eigenvalue weighted by Gasteiger charge is 2.09. The van der Waals surface area contributed by atoms with Gasteiger partial charge < -0.3 is 10.2 Å². The Bertz CT molecular complexity index is 502. The first kappa shape index (κ1) is 10.4. The summed E-state index contributed by atoms with van der Waals surface area (Å²) in [5.41, 5.74) is 1.76. The van der Waals surface area contributed by atoms with Crippen molar-refractivity contribution in [2.24, 2.45) is 0 Å². The van der Waals surface area contributed by atoms with Crippen LogP contribution in [0.3, 0.4) is 0 Å². The zero-order chi connectivity index (χ0) is 11.5. The van der Waals surface area contributed by atoms with Crippen LogP contribution in [0.25, 0.3) is 11.4 Å². The van der Waals surface area contributed by atoms with Gasteiger partial charge in [0.1, 0.15) is 0 Å². The second-order valence-corrected chi connectivity index (χ2v) is 3.26. The van der Waals surface area contributed by atoms with Crippen molar-refractivity contribution in [3.05, 3.63) is 42.2 Å². The van der Waals surface area contributed by atoms with Gasteiger partial charge in [-0.2, -0.15) is 0 Å². The fourth-order valence-corrected chi connectivity index (χ4v) is 1.43. The lowest BCUT2D eigenvalue weighted by Crippen LogP contribution is -2.08. The SMILES string of the molecule is O=C(O)n1cccc1-c1ccc(CO)cn1. The Kier molecular flexibility index (Phi) is 2.70. The Balaban J connectivity index is 2.42. The van der Waals surface area contributed by atoms with E-state index in [-0.39, 0.29) is 6.61 Å². The van der Waals surface area contributed by atoms with Gasteiger partial charge in [-0.1, -0.05) is 6.07 Å². The van der Waals surface area contributed by atoms with Gasteiger partial charge >= 0.3 is 6.09 Å². The summed E-state index contributed by atoms with van der Waals surface area (Å²) in [6.07, 6.45) is 1.93. The molecule has 16 heavy (non-hydrogen) atoms. The Morgan fingerprint density at radius 3 is 2.75 bits per heavy atom. The summed E-state index contributed by atoms with van der Waals surface area (Å²) in [6.45, 7) is -0.0762. The molecule has 0 bridgehead atoms. The molecule has 0 fully saturated rings. The predicted molar refractivity (Wildman–Crippen MR) is 57.0 cm³/mol. The van der Waals surface area contributed by atoms with Crippen molar-refractivity contribution in [1.82, 2.24) is 9.55 Å². The second-order valence-electron chi connectivity index (χ2n) is 3.26. The van der Waals surface area contributed by atoms with Crippen molar-refractivity contribution < 1.29 is 15.0 Å². The topological polar surface area (TPSA) is 75.3 Å². The summed E-state index contributed by atoms with van der Waals surface area (Å²) in [4.78, 5) is 15.0. The number of carbonyl (C=O) groups is 1. The normalized spacial score (nSPS) is 10.3. The van der Waals surface area contributed by atoms with Crippen molar-refractivity contribution in [3.63, 3.8) is 0 Å². The van der Waals surface area contributed by atoms with E-state index in [0.717, 1.165) is 4.57 Å². The molecule has 0 unspecified atom stereocenters. The van der Waals surface area contributed by atoms with Crippen LogP contribution in [0.1, 0.15) is 5.56 Å². The second kappa shape index (κ2) is 4.16. The van der Waals surface area contributed by atoms with Gasteiger partial charge in [0, 0.05) is 12.4 Å². The van der Waals surface area contributed by atoms with Crippen LogP contribution in [0.4, 0.5) is 4.79 Å². The largest absolute Gasteiger partial charge is 0.464 e. The van der Waals surface area contributed by atoms with Crippen molar-refractivity contribution in [3.8, 4) is 11.4 Å². The zero-order valence-electron chi connectivity index (χ0n) is 8.37. The molecule has 5 nitrogen and oxygen atoms in total. The number of hydrogen-bond donors (Lipinski definition) is 2. The highest BCUT2D eigenvalue weighted by Crippen LogP contribution is 2.17. The van der Waals surface area contributed by atoms with E-state index in [1.165, 1.54) is 12.4 Å². The van der Waals surface area contributed by atoms with Gasteiger partial charge in [-0.3, -0.25) is 9.55 Å². The fourth-order valence-electron chi connectivity index (χ4n) is 1.43. The number of carboxylic acid groups (broad SMARTS) is 1. The van der Waals surface area contributed by atoms with Crippen LogP contribution in [-0.2, 0) is 6.61 Å². The molecule has 0 aliphatic rings. The van der Waals surface area contributed by atoms with Crippen molar-refractivity contribution in [2.75, 3.05) is 0 Å². The molecule has 2 aromatic rings. The third-order valence-corrected chi connectivity index (χ3v) is 2.22. The molecule has 5 heteroatoms. The molecule has 0 atom stereocenters. The van der Waals surface area contributed by atoms with Crippen molar-refractivity contribution >= 4 is 6.09 Å². The molecule has 0 saturated carbocycles. The lowest BCUT2D eigenvalue weighted by molar-refractivity contribution is 0.197. The standard InChI is InChI=1S/C11H10N2O3/c14-7-8-3-4-9(12-6-8)10-2-1-5-13(10)11(15)16/h1-6,14H,7H2,(H,15,16). The van der Waals surface area contributed by atoms with Gasteiger partial charge in [0.25, 0.3) is 0 Å². The molecular formula is C11H10N2O3. The molecule has 2 aromatic heterocycles. The Morgan fingerprint density at radius 2 is 2.19 bits per heavy atom. The number of hydrogen-bond acceptors (Lipinski definition) is 3. The van der Waals surface area contributed by atoms with Crippen LogP contribution in [0.2, 0.25) is 0 Å². The molecule has 0 amide bonds. The maximum atomic E-state index is 10.9. The number of aromatic nitrogens is 2. The molecule has 2 heterocycles. The van der Waals surface area contributed by atoms with Crippen molar-refractivity contribution in [1.29, 1.82) is 0 Å². The van der Waals surface area contributed by atoms with Crippen LogP contribution in [0.15, 0.2) is 36.7 Å². The van der Waals surface area contributed by atoms with Gasteiger partial charge in [0.05, 0.1) is 18.0 Å². The first-order valence-electron chi connectivity index (χ1n) is 4.69. The monoisotopic (exact) mass is 218 g/mol. The number of rotatable bonds is 2. The minimum absolute atomic E-state index is 0.0762. The number of pyridine rings is 1. The molecule has 0 saturated heterocycles. The molecule has 0 spiro atoms. The summed E-state index contributed by atoms with van der Waals surface area (Å²) >= 11 is 0. The van der Waals surface area contributed by atoms with Gasteiger partial charge in [-0.25, -0.2) is 4.79 Å². The molecule has 0 aliphatic carbocycles. The Labute approximate surface area is 91.6 Å². The average Bonchev–Trinajstić information content (AvgIpc) is 2.78. The predicted octanol–water partition coefficient (Wildman–Crippen LogP) is 1.57. The minimum Gasteiger partial charge on any atom is -0.464 e. The van der Waals surface area contributed by atoms with E-state index in [4.69, 9.17) is 10.2 Å². The Hall–Kier alpha value is -2.14. The van der Waals surface area contributed by atoms with E-state index in [0.29, 0.717) is 17.0 Å². The minimum atomic E-state index is -1.05. The molecule has 0 radical (unpaired) electrons. The van der Waals surface area contributed by atoms with Gasteiger partial charge in [0.2, 0.25) is 0 Å². The Morgan fingerprint density at radius 1 is 1.38 bits per heavy atom. The smallest absolute Gasteiger partial charge is 0.416 e. The van der Waals surface area contributed by atoms with Crippen LogP contribution in [-0.4, -0.2) is 25.9 Å². The van der Waals surface area contributed by atoms with Gasteiger partial charge in [-0.05, 0) is 23.8 Å². The summed E-state index contributed by atoms with van der Waals surface area (Å²) in [6, 6.07) is 6.71. The van der Waals surface area contributed by atoms with Crippen molar-refractivity contribution in [2.45, 2.75) is 6.61 Å². The highest BCUT2D eigenvalue weighted by molar-refractivity contribution is 5.75. The number of aliphatic hydroxyl groups is 1. The summed E-state index contributed by atoms with van der Waals surface area (Å²) in [5, 5.41) is 17.8. The fraction of sp³-hybridized carbons (Fsp3) is 0.0909. The third-order valence-electron chi connectivity index (χ3n) is 2.22. The highest BCUT2D eigenvalue weighted by atomic mass is 16.4. The summed E-state index contributed by atoms with van der Waals surface area (Å²) < 4.78 is 1.10. The van der Waals surface area contributed by atoms with E-state index in [2.05, 4.69) is 4.98 Å². The van der Waals surface area contributed by atoms with E-state index in [1.54, 1.807) is 24.3 Å². The molecule has 0 aromatic carbocycles. The molecule has 2 N–H and O–H groups in total. The maximum Gasteiger partial charge on any atom is 0.416 e. The van der Waals surface area contributed by atoms with E-state index in [9.17, 15) is 4.79 Å². The summed E-state index contributed by atoms with van der Waals surface area (Å²) in [7, 11) is 0. The van der Waals surface area contributed by atoms with E-state index >= 15 is 0 Å². The third kappa shape index (κ3) is 1.80. The van der Waals surface area contributed by atoms with Crippen LogP contribution >= 0.6 is 0 Å². The van der Waals surface area contributed by atoms with E-state index in [1.807, 2.05) is 0 Å². The average molecular weight is 218 g/mol. The van der Waals surface area contributed by atoms with Crippen LogP contribution in [0.5, 0.6) is 0 Å². The zero-order valence-corrected chi connectivity index (χ0v) is 8.37. The molecule has 0 aliphatic heterocycles. The summed E-state index contributed by atoms with van der Waals surface area (Å²) in [5.74, 6) is 0. The maximum absolute atomic E-state index is 10.9. The van der Waals surface area contributed by atoms with Gasteiger partial charge in [0.15, 0.2) is 0 Å². The molecular weight excluding hydrogens is 208 g/mol. The van der Waals surface area contributed by atoms with E-state index < -0.39 is 6.09 Å². The first-order valence-corrected chi connectivity index (χ1v) is 4.69. The molecule has 82 valence electrons. The number of nitrogens with zero attached hydrogens (tertiary/aromatic N) is 2. The van der Waals surface area contributed by atoms with Crippen LogP contribution < -0.4 is 0 Å². The quantitative estimate of drug-likeness (QED) is 0.802. The lowest BCUT2D eigenvalue weighted by atomic mass is 10.2. The molecule has 2 rings (SSSR count). The van der Waals surface area contributed by atoms with Gasteiger partial charge in [-0.15, -0.1) is 0 Å².